The van der Waals surface area contributed by atoms with Crippen molar-refractivity contribution >= 4 is 21.6 Å². The predicted molar refractivity (Wildman–Crippen MR) is 82.8 cm³/mol. The Labute approximate surface area is 124 Å². The first-order chi connectivity index (χ1) is 9.33. The second-order valence-corrected chi connectivity index (χ2v) is 6.65. The average molecular weight is 324 g/mol. The van der Waals surface area contributed by atoms with E-state index in [4.69, 9.17) is 4.74 Å². The minimum atomic E-state index is 0.804. The number of ether oxygens (including phenoxy) is 1. The summed E-state index contributed by atoms with van der Waals surface area (Å²) in [6.45, 7) is 4.31. The van der Waals surface area contributed by atoms with Crippen LogP contribution in [-0.4, -0.2) is 26.3 Å². The zero-order chi connectivity index (χ0) is 13.1. The monoisotopic (exact) mass is 323 g/mol. The Bertz CT molecular complexity index is 429. The third-order valence-electron chi connectivity index (χ3n) is 4.33. The summed E-state index contributed by atoms with van der Waals surface area (Å²) >= 11 is 3.62. The molecule has 3 rings (SSSR count). The number of aryl methyl sites for hydroxylation is 1. The summed E-state index contributed by atoms with van der Waals surface area (Å²) in [7, 11) is 0. The average Bonchev–Trinajstić information content (AvgIpc) is 2.63. The molecule has 2 heterocycles. The lowest BCUT2D eigenvalue weighted by molar-refractivity contribution is 0.0682. The van der Waals surface area contributed by atoms with Crippen LogP contribution < -0.4 is 4.90 Å². The summed E-state index contributed by atoms with van der Waals surface area (Å²) < 4.78 is 6.68. The number of rotatable bonds is 2. The van der Waals surface area contributed by atoms with Crippen molar-refractivity contribution in [2.75, 3.05) is 31.2 Å². The number of halogens is 1. The molecule has 0 bridgehead atoms. The molecule has 0 radical (unpaired) electrons. The third kappa shape index (κ3) is 3.32. The Morgan fingerprint density at radius 2 is 2.05 bits per heavy atom. The first kappa shape index (κ1) is 13.4. The van der Waals surface area contributed by atoms with Crippen LogP contribution in [0, 0.1) is 5.92 Å². The van der Waals surface area contributed by atoms with E-state index < -0.39 is 0 Å². The molecule has 0 saturated carbocycles. The number of hydrogen-bond donors (Lipinski definition) is 0. The molecule has 0 aromatic heterocycles. The van der Waals surface area contributed by atoms with Gasteiger partial charge in [0, 0.05) is 36.5 Å². The second-order valence-electron chi connectivity index (χ2n) is 5.73. The lowest BCUT2D eigenvalue weighted by atomic mass is 9.99. The van der Waals surface area contributed by atoms with Gasteiger partial charge in [0.1, 0.15) is 0 Å². The Morgan fingerprint density at radius 1 is 1.21 bits per heavy atom. The van der Waals surface area contributed by atoms with Gasteiger partial charge in [-0.05, 0) is 55.7 Å². The molecule has 0 amide bonds. The van der Waals surface area contributed by atoms with Crippen molar-refractivity contribution in [1.29, 1.82) is 0 Å². The Hall–Kier alpha value is -0.540. The highest BCUT2D eigenvalue weighted by Gasteiger charge is 2.21. The van der Waals surface area contributed by atoms with Crippen LogP contribution in [0.15, 0.2) is 22.7 Å². The molecule has 2 nitrogen and oxygen atoms in total. The molecular formula is C16H22BrNO. The fourth-order valence-electron chi connectivity index (χ4n) is 3.21. The van der Waals surface area contributed by atoms with Crippen LogP contribution in [-0.2, 0) is 11.2 Å². The van der Waals surface area contributed by atoms with Crippen molar-refractivity contribution in [2.45, 2.75) is 32.1 Å². The third-order valence-corrected chi connectivity index (χ3v) is 4.82. The van der Waals surface area contributed by atoms with E-state index >= 15 is 0 Å². The first-order valence-electron chi connectivity index (χ1n) is 7.44. The highest BCUT2D eigenvalue weighted by Crippen LogP contribution is 2.31. The van der Waals surface area contributed by atoms with E-state index in [1.807, 2.05) is 0 Å². The second kappa shape index (κ2) is 6.27. The number of anilines is 1. The maximum Gasteiger partial charge on any atom is 0.0469 e. The van der Waals surface area contributed by atoms with Gasteiger partial charge in [0.2, 0.25) is 0 Å². The van der Waals surface area contributed by atoms with Gasteiger partial charge < -0.3 is 9.64 Å². The van der Waals surface area contributed by atoms with Crippen LogP contribution in [0.4, 0.5) is 5.69 Å². The molecule has 3 heteroatoms. The molecule has 104 valence electrons. The number of nitrogens with zero attached hydrogens (tertiary/aromatic N) is 1. The van der Waals surface area contributed by atoms with Gasteiger partial charge in [-0.2, -0.15) is 0 Å². The lowest BCUT2D eigenvalue weighted by Crippen LogP contribution is -2.33. The Balaban J connectivity index is 1.78. The maximum atomic E-state index is 5.48. The van der Waals surface area contributed by atoms with Crippen LogP contribution in [0.1, 0.15) is 31.2 Å². The van der Waals surface area contributed by atoms with Gasteiger partial charge in [-0.15, -0.1) is 0 Å². The van der Waals surface area contributed by atoms with Crippen LogP contribution in [0.5, 0.6) is 0 Å². The van der Waals surface area contributed by atoms with Crippen LogP contribution in [0.3, 0.4) is 0 Å². The van der Waals surface area contributed by atoms with Gasteiger partial charge in [-0.25, -0.2) is 0 Å². The number of hydrogen-bond acceptors (Lipinski definition) is 2. The van der Waals surface area contributed by atoms with E-state index in [9.17, 15) is 0 Å². The maximum absolute atomic E-state index is 5.48. The van der Waals surface area contributed by atoms with Crippen molar-refractivity contribution < 1.29 is 4.74 Å². The summed E-state index contributed by atoms with van der Waals surface area (Å²) in [5.74, 6) is 0.804. The first-order valence-corrected chi connectivity index (χ1v) is 8.23. The van der Waals surface area contributed by atoms with E-state index in [0.717, 1.165) is 19.1 Å². The summed E-state index contributed by atoms with van der Waals surface area (Å²) in [6, 6.07) is 6.78. The smallest absolute Gasteiger partial charge is 0.0469 e. The van der Waals surface area contributed by atoms with Crippen molar-refractivity contribution in [1.82, 2.24) is 0 Å². The van der Waals surface area contributed by atoms with E-state index in [1.165, 1.54) is 60.9 Å². The lowest BCUT2D eigenvalue weighted by Gasteiger charge is -2.31. The van der Waals surface area contributed by atoms with Gasteiger partial charge in [-0.1, -0.05) is 22.0 Å². The van der Waals surface area contributed by atoms with Crippen molar-refractivity contribution in [3.05, 3.63) is 28.2 Å². The van der Waals surface area contributed by atoms with Crippen LogP contribution in [0.25, 0.3) is 0 Å². The van der Waals surface area contributed by atoms with Gasteiger partial charge in [0.05, 0.1) is 0 Å². The SMILES string of the molecule is Brc1ccc2c(c1)N(CC1CCOCC1)CCCC2. The van der Waals surface area contributed by atoms with Crippen LogP contribution >= 0.6 is 15.9 Å². The van der Waals surface area contributed by atoms with Crippen molar-refractivity contribution in [3.63, 3.8) is 0 Å². The fraction of sp³-hybridized carbons (Fsp3) is 0.625. The summed E-state index contributed by atoms with van der Waals surface area (Å²) in [5.41, 5.74) is 2.98. The molecular weight excluding hydrogens is 302 g/mol. The van der Waals surface area contributed by atoms with E-state index in [0.29, 0.717) is 0 Å². The molecule has 1 aromatic carbocycles. The minimum Gasteiger partial charge on any atom is -0.381 e. The van der Waals surface area contributed by atoms with Gasteiger partial charge in [0.25, 0.3) is 0 Å². The van der Waals surface area contributed by atoms with Crippen molar-refractivity contribution in [2.24, 2.45) is 5.92 Å². The molecule has 1 aromatic rings. The highest BCUT2D eigenvalue weighted by molar-refractivity contribution is 9.10. The molecule has 0 aliphatic carbocycles. The fourth-order valence-corrected chi connectivity index (χ4v) is 3.56. The molecule has 0 atom stereocenters. The number of fused-ring (bicyclic) bond motifs is 1. The topological polar surface area (TPSA) is 12.5 Å². The molecule has 1 fully saturated rings. The standard InChI is InChI=1S/C16H22BrNO/c17-15-5-4-14-3-1-2-8-18(16(14)11-15)12-13-6-9-19-10-7-13/h4-5,11,13H,1-3,6-10,12H2. The highest BCUT2D eigenvalue weighted by atomic mass is 79.9. The molecule has 0 spiro atoms. The van der Waals surface area contributed by atoms with E-state index in [-0.39, 0.29) is 0 Å². The molecule has 19 heavy (non-hydrogen) atoms. The predicted octanol–water partition coefficient (Wildman–Crippen LogP) is 4.02. The zero-order valence-corrected chi connectivity index (χ0v) is 13.0. The molecule has 2 aliphatic heterocycles. The summed E-state index contributed by atoms with van der Waals surface area (Å²) in [6.07, 6.45) is 6.31. The largest absolute Gasteiger partial charge is 0.381 e. The number of benzene rings is 1. The van der Waals surface area contributed by atoms with E-state index in [1.54, 1.807) is 0 Å². The minimum absolute atomic E-state index is 0.804. The van der Waals surface area contributed by atoms with Gasteiger partial charge >= 0.3 is 0 Å². The molecule has 2 aliphatic rings. The van der Waals surface area contributed by atoms with E-state index in [2.05, 4.69) is 39.0 Å². The van der Waals surface area contributed by atoms with Gasteiger partial charge in [-0.3, -0.25) is 0 Å². The molecule has 1 saturated heterocycles. The molecule has 0 unspecified atom stereocenters. The zero-order valence-electron chi connectivity index (χ0n) is 11.4. The molecule has 0 N–H and O–H groups in total. The van der Waals surface area contributed by atoms with Crippen LogP contribution in [0.2, 0.25) is 0 Å². The van der Waals surface area contributed by atoms with Crippen molar-refractivity contribution in [3.8, 4) is 0 Å². The quantitative estimate of drug-likeness (QED) is 0.815. The summed E-state index contributed by atoms with van der Waals surface area (Å²) in [4.78, 5) is 2.61. The van der Waals surface area contributed by atoms with Gasteiger partial charge in [0.15, 0.2) is 0 Å². The summed E-state index contributed by atoms with van der Waals surface area (Å²) in [5, 5.41) is 0. The normalized spacial score (nSPS) is 21.0. The Kier molecular flexibility index (Phi) is 4.44. The Morgan fingerprint density at radius 3 is 2.89 bits per heavy atom.